The first-order chi connectivity index (χ1) is 9.49. The molecular formula is C14H12BrClN2O2. The van der Waals surface area contributed by atoms with Crippen LogP contribution < -0.4 is 5.32 Å². The van der Waals surface area contributed by atoms with E-state index in [1.54, 1.807) is 25.1 Å². The molecule has 6 heteroatoms. The number of nitrogens with one attached hydrogen (secondary N) is 1. The summed E-state index contributed by atoms with van der Waals surface area (Å²) in [5.41, 5.74) is 2.53. The molecule has 1 N–H and O–H groups in total. The summed E-state index contributed by atoms with van der Waals surface area (Å²) in [5.74, 6) is 0. The van der Waals surface area contributed by atoms with Crippen LogP contribution in [0.3, 0.4) is 0 Å². The van der Waals surface area contributed by atoms with E-state index < -0.39 is 0 Å². The highest BCUT2D eigenvalue weighted by Gasteiger charge is 2.13. The van der Waals surface area contributed by atoms with Gasteiger partial charge in [0.25, 0.3) is 5.69 Å². The SMILES string of the molecule is Cc1c(CNc2cc(Cl)ccc2Br)cccc1[N+](=O)[O-]. The minimum Gasteiger partial charge on any atom is -0.380 e. The standard InChI is InChI=1S/C14H12BrClN2O2/c1-9-10(3-2-4-14(9)18(19)20)8-17-13-7-11(16)5-6-12(13)15/h2-7,17H,8H2,1H3. The first-order valence-electron chi connectivity index (χ1n) is 5.91. The molecule has 2 aromatic rings. The molecule has 0 atom stereocenters. The Hall–Kier alpha value is -1.59. The first kappa shape index (κ1) is 14.8. The third kappa shape index (κ3) is 3.29. The van der Waals surface area contributed by atoms with Crippen LogP contribution in [0.4, 0.5) is 11.4 Å². The Morgan fingerprint density at radius 3 is 2.80 bits per heavy atom. The number of nitrogens with zero attached hydrogens (tertiary/aromatic N) is 1. The zero-order chi connectivity index (χ0) is 14.7. The number of halogens is 2. The van der Waals surface area contributed by atoms with Crippen molar-refractivity contribution in [3.05, 3.63) is 67.1 Å². The Labute approximate surface area is 130 Å². The highest BCUT2D eigenvalue weighted by molar-refractivity contribution is 9.10. The smallest absolute Gasteiger partial charge is 0.272 e. The highest BCUT2D eigenvalue weighted by Crippen LogP contribution is 2.27. The quantitative estimate of drug-likeness (QED) is 0.625. The molecule has 0 heterocycles. The van der Waals surface area contributed by atoms with Crippen LogP contribution in [-0.4, -0.2) is 4.92 Å². The van der Waals surface area contributed by atoms with Crippen molar-refractivity contribution >= 4 is 38.9 Å². The predicted molar refractivity (Wildman–Crippen MR) is 84.3 cm³/mol. The number of hydrogen-bond acceptors (Lipinski definition) is 3. The van der Waals surface area contributed by atoms with Crippen LogP contribution in [0.2, 0.25) is 5.02 Å². The van der Waals surface area contributed by atoms with Crippen molar-refractivity contribution in [2.45, 2.75) is 13.5 Å². The van der Waals surface area contributed by atoms with Crippen molar-refractivity contribution in [2.24, 2.45) is 0 Å². The number of rotatable bonds is 4. The second-order valence-corrected chi connectivity index (χ2v) is 5.59. The maximum atomic E-state index is 10.9. The molecule has 20 heavy (non-hydrogen) atoms. The summed E-state index contributed by atoms with van der Waals surface area (Å²) < 4.78 is 0.894. The maximum Gasteiger partial charge on any atom is 0.272 e. The third-order valence-corrected chi connectivity index (χ3v) is 3.94. The van der Waals surface area contributed by atoms with Gasteiger partial charge in [-0.15, -0.1) is 0 Å². The molecule has 0 saturated heterocycles. The molecule has 0 radical (unpaired) electrons. The minimum atomic E-state index is -0.367. The number of nitro groups is 1. The molecule has 0 spiro atoms. The van der Waals surface area contributed by atoms with Crippen molar-refractivity contribution < 1.29 is 4.92 Å². The molecule has 0 bridgehead atoms. The van der Waals surface area contributed by atoms with Gasteiger partial charge >= 0.3 is 0 Å². The summed E-state index contributed by atoms with van der Waals surface area (Å²) in [6, 6.07) is 10.5. The lowest BCUT2D eigenvalue weighted by Gasteiger charge is -2.11. The van der Waals surface area contributed by atoms with Gasteiger partial charge in [-0.25, -0.2) is 0 Å². The van der Waals surface area contributed by atoms with E-state index in [9.17, 15) is 10.1 Å². The van der Waals surface area contributed by atoms with Crippen LogP contribution in [0.5, 0.6) is 0 Å². The molecule has 0 saturated carbocycles. The molecule has 0 fully saturated rings. The van der Waals surface area contributed by atoms with Gasteiger partial charge in [-0.1, -0.05) is 23.7 Å². The van der Waals surface area contributed by atoms with Gasteiger partial charge in [-0.05, 0) is 46.6 Å². The van der Waals surface area contributed by atoms with Gasteiger partial charge in [-0.2, -0.15) is 0 Å². The molecule has 4 nitrogen and oxygen atoms in total. The molecule has 2 aromatic carbocycles. The Morgan fingerprint density at radius 2 is 2.10 bits per heavy atom. The van der Waals surface area contributed by atoms with Crippen molar-refractivity contribution in [3.8, 4) is 0 Å². The Balaban J connectivity index is 2.21. The molecule has 0 aliphatic carbocycles. The monoisotopic (exact) mass is 354 g/mol. The average molecular weight is 356 g/mol. The van der Waals surface area contributed by atoms with E-state index in [2.05, 4.69) is 21.2 Å². The topological polar surface area (TPSA) is 55.2 Å². The van der Waals surface area contributed by atoms with Gasteiger partial charge in [0.1, 0.15) is 0 Å². The molecular weight excluding hydrogens is 344 g/mol. The van der Waals surface area contributed by atoms with Crippen LogP contribution in [0, 0.1) is 17.0 Å². The van der Waals surface area contributed by atoms with Gasteiger partial charge in [0.15, 0.2) is 0 Å². The molecule has 2 rings (SSSR count). The van der Waals surface area contributed by atoms with E-state index in [4.69, 9.17) is 11.6 Å². The van der Waals surface area contributed by atoms with Crippen molar-refractivity contribution in [3.63, 3.8) is 0 Å². The lowest BCUT2D eigenvalue weighted by Crippen LogP contribution is -2.03. The Morgan fingerprint density at radius 1 is 1.35 bits per heavy atom. The molecule has 0 amide bonds. The van der Waals surface area contributed by atoms with E-state index in [1.807, 2.05) is 12.1 Å². The number of nitro benzene ring substituents is 1. The summed E-state index contributed by atoms with van der Waals surface area (Å²) in [7, 11) is 0. The number of hydrogen-bond donors (Lipinski definition) is 1. The second-order valence-electron chi connectivity index (χ2n) is 4.30. The van der Waals surface area contributed by atoms with Gasteiger partial charge < -0.3 is 5.32 Å². The van der Waals surface area contributed by atoms with Crippen molar-refractivity contribution in [2.75, 3.05) is 5.32 Å². The van der Waals surface area contributed by atoms with Crippen LogP contribution in [-0.2, 0) is 6.54 Å². The summed E-state index contributed by atoms with van der Waals surface area (Å²) in [4.78, 5) is 10.5. The fourth-order valence-corrected chi connectivity index (χ4v) is 2.44. The van der Waals surface area contributed by atoms with E-state index in [0.717, 1.165) is 15.7 Å². The van der Waals surface area contributed by atoms with Gasteiger partial charge in [0, 0.05) is 27.7 Å². The summed E-state index contributed by atoms with van der Waals surface area (Å²) >= 11 is 9.38. The zero-order valence-corrected chi connectivity index (χ0v) is 13.0. The highest BCUT2D eigenvalue weighted by atomic mass is 79.9. The van der Waals surface area contributed by atoms with Crippen LogP contribution >= 0.6 is 27.5 Å². The fraction of sp³-hybridized carbons (Fsp3) is 0.143. The minimum absolute atomic E-state index is 0.134. The van der Waals surface area contributed by atoms with E-state index in [1.165, 1.54) is 6.07 Å². The van der Waals surface area contributed by atoms with Crippen LogP contribution in [0.15, 0.2) is 40.9 Å². The first-order valence-corrected chi connectivity index (χ1v) is 7.08. The summed E-state index contributed by atoms with van der Waals surface area (Å²) in [6.07, 6.45) is 0. The third-order valence-electron chi connectivity index (χ3n) is 3.01. The van der Waals surface area contributed by atoms with Gasteiger partial charge in [-0.3, -0.25) is 10.1 Å². The molecule has 0 aromatic heterocycles. The second kappa shape index (κ2) is 6.24. The predicted octanol–water partition coefficient (Wildman–Crippen LogP) is 4.93. The Bertz CT molecular complexity index is 662. The largest absolute Gasteiger partial charge is 0.380 e. The van der Waals surface area contributed by atoms with E-state index in [-0.39, 0.29) is 10.6 Å². The number of anilines is 1. The fourth-order valence-electron chi connectivity index (χ4n) is 1.88. The summed E-state index contributed by atoms with van der Waals surface area (Å²) in [6.45, 7) is 2.24. The van der Waals surface area contributed by atoms with E-state index in [0.29, 0.717) is 17.1 Å². The summed E-state index contributed by atoms with van der Waals surface area (Å²) in [5, 5.41) is 14.8. The van der Waals surface area contributed by atoms with Crippen LogP contribution in [0.25, 0.3) is 0 Å². The molecule has 104 valence electrons. The number of benzene rings is 2. The molecule has 0 aliphatic rings. The van der Waals surface area contributed by atoms with Crippen molar-refractivity contribution in [1.82, 2.24) is 0 Å². The van der Waals surface area contributed by atoms with Crippen molar-refractivity contribution in [1.29, 1.82) is 0 Å². The lowest BCUT2D eigenvalue weighted by molar-refractivity contribution is -0.385. The Kier molecular flexibility index (Phi) is 4.62. The van der Waals surface area contributed by atoms with E-state index >= 15 is 0 Å². The molecule has 0 aliphatic heterocycles. The average Bonchev–Trinajstić information content (AvgIpc) is 2.41. The zero-order valence-electron chi connectivity index (χ0n) is 10.7. The maximum absolute atomic E-state index is 10.9. The normalized spacial score (nSPS) is 10.3. The molecule has 0 unspecified atom stereocenters. The van der Waals surface area contributed by atoms with Gasteiger partial charge in [0.05, 0.1) is 10.6 Å². The lowest BCUT2D eigenvalue weighted by atomic mass is 10.1. The van der Waals surface area contributed by atoms with Crippen LogP contribution in [0.1, 0.15) is 11.1 Å². The van der Waals surface area contributed by atoms with Gasteiger partial charge in [0.2, 0.25) is 0 Å².